The summed E-state index contributed by atoms with van der Waals surface area (Å²) >= 11 is 0. The Morgan fingerprint density at radius 3 is 2.14 bits per heavy atom. The summed E-state index contributed by atoms with van der Waals surface area (Å²) in [5.41, 5.74) is 1.55. The third-order valence-electron chi connectivity index (χ3n) is 2.83. The van der Waals surface area contributed by atoms with Gasteiger partial charge >= 0.3 is 0 Å². The second kappa shape index (κ2) is 7.24. The van der Waals surface area contributed by atoms with Gasteiger partial charge in [0.2, 0.25) is 20.0 Å². The van der Waals surface area contributed by atoms with E-state index < -0.39 is 20.0 Å². The van der Waals surface area contributed by atoms with E-state index in [1.54, 1.807) is 19.1 Å². The van der Waals surface area contributed by atoms with Crippen molar-refractivity contribution in [2.75, 3.05) is 29.4 Å². The van der Waals surface area contributed by atoms with Gasteiger partial charge in [-0.2, -0.15) is 0 Å². The van der Waals surface area contributed by atoms with E-state index in [2.05, 4.69) is 4.72 Å². The Bertz CT molecular complexity index is 652. The summed E-state index contributed by atoms with van der Waals surface area (Å²) in [6, 6.07) is 7.04. The average Bonchev–Trinajstić information content (AvgIpc) is 2.34. The largest absolute Gasteiger partial charge is 0.269 e. The van der Waals surface area contributed by atoms with E-state index in [9.17, 15) is 16.8 Å². The Hall–Kier alpha value is -1.12. The minimum Gasteiger partial charge on any atom is -0.269 e. The molecule has 0 amide bonds. The lowest BCUT2D eigenvalue weighted by Crippen LogP contribution is -2.38. The highest BCUT2D eigenvalue weighted by atomic mass is 32.2. The van der Waals surface area contributed by atoms with E-state index in [0.29, 0.717) is 12.1 Å². The van der Waals surface area contributed by atoms with Crippen molar-refractivity contribution in [3.05, 3.63) is 29.8 Å². The number of nitrogens with one attached hydrogen (secondary N) is 1. The molecule has 21 heavy (non-hydrogen) atoms. The van der Waals surface area contributed by atoms with Crippen molar-refractivity contribution in [1.82, 2.24) is 4.72 Å². The van der Waals surface area contributed by atoms with Crippen molar-refractivity contribution in [3.63, 3.8) is 0 Å². The van der Waals surface area contributed by atoms with Gasteiger partial charge in [0.1, 0.15) is 0 Å². The number of hydrogen-bond donors (Lipinski definition) is 1. The lowest BCUT2D eigenvalue weighted by atomic mass is 10.2. The van der Waals surface area contributed by atoms with Crippen LogP contribution in [-0.2, 0) is 20.0 Å². The maximum atomic E-state index is 11.8. The van der Waals surface area contributed by atoms with Crippen molar-refractivity contribution in [2.24, 2.45) is 0 Å². The van der Waals surface area contributed by atoms with Gasteiger partial charge in [0.25, 0.3) is 0 Å². The van der Waals surface area contributed by atoms with Gasteiger partial charge < -0.3 is 0 Å². The summed E-state index contributed by atoms with van der Waals surface area (Å²) in [5, 5.41) is 0. The van der Waals surface area contributed by atoms with Gasteiger partial charge in [-0.3, -0.25) is 4.31 Å². The fraction of sp³-hybridized carbons (Fsp3) is 0.538. The van der Waals surface area contributed by atoms with Gasteiger partial charge in [0, 0.05) is 13.1 Å². The van der Waals surface area contributed by atoms with E-state index >= 15 is 0 Å². The zero-order chi connectivity index (χ0) is 16.1. The molecule has 0 saturated carbocycles. The number of sulfonamides is 2. The molecule has 0 heterocycles. The number of rotatable bonds is 8. The maximum Gasteiger partial charge on any atom is 0.232 e. The van der Waals surface area contributed by atoms with Crippen LogP contribution < -0.4 is 9.03 Å². The molecule has 0 spiro atoms. The second-order valence-corrected chi connectivity index (χ2v) is 8.72. The molecule has 0 aliphatic heterocycles. The quantitative estimate of drug-likeness (QED) is 0.771. The molecule has 8 heteroatoms. The van der Waals surface area contributed by atoms with E-state index in [-0.39, 0.29) is 18.8 Å². The topological polar surface area (TPSA) is 83.6 Å². The van der Waals surface area contributed by atoms with Crippen molar-refractivity contribution >= 4 is 25.7 Å². The molecule has 0 radical (unpaired) electrons. The Labute approximate surface area is 127 Å². The molecule has 6 nitrogen and oxygen atoms in total. The third-order valence-corrected chi connectivity index (χ3v) is 5.62. The highest BCUT2D eigenvalue weighted by molar-refractivity contribution is 7.92. The highest BCUT2D eigenvalue weighted by Gasteiger charge is 2.18. The van der Waals surface area contributed by atoms with Crippen LogP contribution in [0, 0.1) is 6.92 Å². The molecule has 0 bridgehead atoms. The van der Waals surface area contributed by atoms with Crippen LogP contribution in [0.15, 0.2) is 24.3 Å². The lowest BCUT2D eigenvalue weighted by molar-refractivity contribution is 0.577. The van der Waals surface area contributed by atoms with Gasteiger partial charge in [0.05, 0.1) is 17.7 Å². The zero-order valence-electron chi connectivity index (χ0n) is 12.5. The van der Waals surface area contributed by atoms with Crippen LogP contribution in [0.3, 0.4) is 0 Å². The summed E-state index contributed by atoms with van der Waals surface area (Å²) in [7, 11) is -6.80. The molecular formula is C13H22N2O4S2. The van der Waals surface area contributed by atoms with Crippen molar-refractivity contribution in [2.45, 2.75) is 20.3 Å². The Balaban J connectivity index is 2.80. The number of benzene rings is 1. The fourth-order valence-corrected chi connectivity index (χ4v) is 3.85. The fourth-order valence-electron chi connectivity index (χ4n) is 1.84. The number of aryl methyl sites for hydroxylation is 1. The smallest absolute Gasteiger partial charge is 0.232 e. The second-order valence-electron chi connectivity index (χ2n) is 4.88. The van der Waals surface area contributed by atoms with Crippen LogP contribution in [-0.4, -0.2) is 41.9 Å². The van der Waals surface area contributed by atoms with Crippen LogP contribution in [0.25, 0.3) is 0 Å². The molecule has 0 saturated heterocycles. The Kier molecular flexibility index (Phi) is 6.18. The van der Waals surface area contributed by atoms with E-state index in [4.69, 9.17) is 0 Å². The minimum atomic E-state index is -3.46. The predicted molar refractivity (Wildman–Crippen MR) is 85.4 cm³/mol. The molecule has 1 N–H and O–H groups in total. The number of anilines is 1. The Morgan fingerprint density at radius 1 is 1.10 bits per heavy atom. The zero-order valence-corrected chi connectivity index (χ0v) is 14.2. The first kappa shape index (κ1) is 17.9. The standard InChI is InChI=1S/C13H22N2O4S2/c1-4-11-21(18,19)14-9-10-15(20(3,16)17)13-7-5-12(2)6-8-13/h5-8,14H,4,9-11H2,1-3H3. The van der Waals surface area contributed by atoms with Crippen LogP contribution in [0.5, 0.6) is 0 Å². The van der Waals surface area contributed by atoms with Gasteiger partial charge in [-0.1, -0.05) is 24.6 Å². The SMILES string of the molecule is CCCS(=O)(=O)NCCN(c1ccc(C)cc1)S(C)(=O)=O. The number of nitrogens with zero attached hydrogens (tertiary/aromatic N) is 1. The Morgan fingerprint density at radius 2 is 1.67 bits per heavy atom. The summed E-state index contributed by atoms with van der Waals surface area (Å²) in [6.45, 7) is 3.79. The van der Waals surface area contributed by atoms with Gasteiger partial charge in [-0.15, -0.1) is 0 Å². The summed E-state index contributed by atoms with van der Waals surface area (Å²) < 4.78 is 50.4. The summed E-state index contributed by atoms with van der Waals surface area (Å²) in [4.78, 5) is 0. The van der Waals surface area contributed by atoms with Crippen LogP contribution in [0.2, 0.25) is 0 Å². The van der Waals surface area contributed by atoms with Crippen LogP contribution in [0.4, 0.5) is 5.69 Å². The molecule has 0 unspecified atom stereocenters. The molecule has 0 atom stereocenters. The van der Waals surface area contributed by atoms with Crippen molar-refractivity contribution < 1.29 is 16.8 Å². The molecule has 1 aromatic carbocycles. The lowest BCUT2D eigenvalue weighted by Gasteiger charge is -2.22. The first-order chi connectivity index (χ1) is 9.65. The molecule has 120 valence electrons. The molecule has 0 aliphatic rings. The van der Waals surface area contributed by atoms with Crippen molar-refractivity contribution in [1.29, 1.82) is 0 Å². The summed E-state index contributed by atoms with van der Waals surface area (Å²) in [6.07, 6.45) is 1.62. The van der Waals surface area contributed by atoms with E-state index in [1.165, 1.54) is 4.31 Å². The van der Waals surface area contributed by atoms with E-state index in [1.807, 2.05) is 19.1 Å². The predicted octanol–water partition coefficient (Wildman–Crippen LogP) is 1.09. The first-order valence-corrected chi connectivity index (χ1v) is 10.2. The summed E-state index contributed by atoms with van der Waals surface area (Å²) in [5.74, 6) is 0.0381. The van der Waals surface area contributed by atoms with Crippen molar-refractivity contribution in [3.8, 4) is 0 Å². The molecule has 0 aliphatic carbocycles. The molecule has 1 rings (SSSR count). The van der Waals surface area contributed by atoms with E-state index in [0.717, 1.165) is 11.8 Å². The molecule has 1 aromatic rings. The molecular weight excluding hydrogens is 312 g/mol. The first-order valence-electron chi connectivity index (χ1n) is 6.67. The number of hydrogen-bond acceptors (Lipinski definition) is 4. The normalized spacial score (nSPS) is 12.3. The minimum absolute atomic E-state index is 0.0381. The highest BCUT2D eigenvalue weighted by Crippen LogP contribution is 2.17. The van der Waals surface area contributed by atoms with Gasteiger partial charge in [-0.05, 0) is 25.5 Å². The third kappa shape index (κ3) is 6.03. The molecule has 0 fully saturated rings. The maximum absolute atomic E-state index is 11.8. The average molecular weight is 334 g/mol. The van der Waals surface area contributed by atoms with Gasteiger partial charge in [-0.25, -0.2) is 21.6 Å². The molecule has 0 aromatic heterocycles. The monoisotopic (exact) mass is 334 g/mol. The van der Waals surface area contributed by atoms with Gasteiger partial charge in [0.15, 0.2) is 0 Å². The van der Waals surface area contributed by atoms with Crippen LogP contribution in [0.1, 0.15) is 18.9 Å². The van der Waals surface area contributed by atoms with Crippen LogP contribution >= 0.6 is 0 Å².